The Bertz CT molecular complexity index is 444. The highest BCUT2D eigenvalue weighted by atomic mass is 16.3. The molecule has 3 heteroatoms. The summed E-state index contributed by atoms with van der Waals surface area (Å²) in [5.41, 5.74) is 1.54. The first-order valence-corrected chi connectivity index (χ1v) is 6.32. The van der Waals surface area contributed by atoms with E-state index in [1.54, 1.807) is 6.08 Å². The fraction of sp³-hybridized carbons (Fsp3) is 0.400. The lowest BCUT2D eigenvalue weighted by atomic mass is 9.80. The molecule has 1 aromatic carbocycles. The number of carbonyl (C=O) groups excluding carboxylic acids is 1. The Balaban J connectivity index is 1.81. The molecule has 0 bridgehead atoms. The number of nitrogens with one attached hydrogen (secondary N) is 1. The number of carbonyl (C=O) groups is 1. The zero-order valence-corrected chi connectivity index (χ0v) is 10.6. The minimum Gasteiger partial charge on any atom is -0.388 e. The van der Waals surface area contributed by atoms with E-state index in [-0.39, 0.29) is 5.91 Å². The summed E-state index contributed by atoms with van der Waals surface area (Å²) in [6.45, 7) is 2.38. The number of amides is 1. The molecule has 1 aliphatic rings. The van der Waals surface area contributed by atoms with Gasteiger partial charge in [0.2, 0.25) is 5.91 Å². The molecule has 1 aromatic rings. The van der Waals surface area contributed by atoms with Crippen LogP contribution in [0, 0.1) is 6.92 Å². The Labute approximate surface area is 108 Å². The van der Waals surface area contributed by atoms with E-state index in [9.17, 15) is 9.90 Å². The molecule has 18 heavy (non-hydrogen) atoms. The van der Waals surface area contributed by atoms with E-state index in [0.29, 0.717) is 6.54 Å². The van der Waals surface area contributed by atoms with Crippen LogP contribution in [-0.2, 0) is 4.79 Å². The van der Waals surface area contributed by atoms with E-state index in [0.717, 1.165) is 24.8 Å². The van der Waals surface area contributed by atoms with Crippen LogP contribution in [0.1, 0.15) is 30.4 Å². The van der Waals surface area contributed by atoms with Crippen LogP contribution in [0.15, 0.2) is 30.3 Å². The van der Waals surface area contributed by atoms with Crippen molar-refractivity contribution in [1.29, 1.82) is 0 Å². The number of hydrogen-bond acceptors (Lipinski definition) is 2. The van der Waals surface area contributed by atoms with Gasteiger partial charge in [0.15, 0.2) is 0 Å². The van der Waals surface area contributed by atoms with E-state index < -0.39 is 5.60 Å². The first-order chi connectivity index (χ1) is 8.57. The second-order valence-electron chi connectivity index (χ2n) is 5.04. The van der Waals surface area contributed by atoms with Crippen molar-refractivity contribution in [3.8, 4) is 0 Å². The SMILES string of the molecule is Cc1ccc(/C=C/C(=O)NCC2(O)CCC2)cc1. The van der Waals surface area contributed by atoms with E-state index in [2.05, 4.69) is 5.32 Å². The van der Waals surface area contributed by atoms with Crippen LogP contribution in [0.25, 0.3) is 6.08 Å². The fourth-order valence-corrected chi connectivity index (χ4v) is 1.92. The van der Waals surface area contributed by atoms with E-state index in [1.807, 2.05) is 31.2 Å². The molecule has 1 amide bonds. The first-order valence-electron chi connectivity index (χ1n) is 6.32. The zero-order valence-electron chi connectivity index (χ0n) is 10.6. The molecule has 0 atom stereocenters. The van der Waals surface area contributed by atoms with Gasteiger partial charge in [0.25, 0.3) is 0 Å². The summed E-state index contributed by atoms with van der Waals surface area (Å²) >= 11 is 0. The van der Waals surface area contributed by atoms with Gasteiger partial charge in [0.05, 0.1) is 5.60 Å². The maximum absolute atomic E-state index is 11.6. The minimum absolute atomic E-state index is 0.157. The number of aryl methyl sites for hydroxylation is 1. The van der Waals surface area contributed by atoms with Crippen molar-refractivity contribution in [3.05, 3.63) is 41.5 Å². The monoisotopic (exact) mass is 245 g/mol. The fourth-order valence-electron chi connectivity index (χ4n) is 1.92. The summed E-state index contributed by atoms with van der Waals surface area (Å²) in [6, 6.07) is 7.96. The predicted molar refractivity (Wildman–Crippen MR) is 72.0 cm³/mol. The van der Waals surface area contributed by atoms with Crippen molar-refractivity contribution in [1.82, 2.24) is 5.32 Å². The summed E-state index contributed by atoms with van der Waals surface area (Å²) in [7, 11) is 0. The molecule has 0 radical (unpaired) electrons. The molecule has 2 N–H and O–H groups in total. The molecule has 1 saturated carbocycles. The normalized spacial score (nSPS) is 17.4. The third-order valence-corrected chi connectivity index (χ3v) is 3.38. The Kier molecular flexibility index (Phi) is 3.82. The quantitative estimate of drug-likeness (QED) is 0.797. The molecule has 1 fully saturated rings. The standard InChI is InChI=1S/C15H19NO2/c1-12-3-5-13(6-4-12)7-8-14(17)16-11-15(18)9-2-10-15/h3-8,18H,2,9-11H2,1H3,(H,16,17)/b8-7+. The van der Waals surface area contributed by atoms with Crippen molar-refractivity contribution in [2.24, 2.45) is 0 Å². The average molecular weight is 245 g/mol. The first kappa shape index (κ1) is 12.8. The molecule has 1 aliphatic carbocycles. The third-order valence-electron chi connectivity index (χ3n) is 3.38. The predicted octanol–water partition coefficient (Wildman–Crippen LogP) is 2.04. The summed E-state index contributed by atoms with van der Waals surface area (Å²) in [5, 5.41) is 12.6. The largest absolute Gasteiger partial charge is 0.388 e. The van der Waals surface area contributed by atoms with Crippen LogP contribution >= 0.6 is 0 Å². The zero-order chi connectivity index (χ0) is 13.0. The Morgan fingerprint density at radius 1 is 1.39 bits per heavy atom. The topological polar surface area (TPSA) is 49.3 Å². The lowest BCUT2D eigenvalue weighted by Gasteiger charge is -2.36. The third kappa shape index (κ3) is 3.44. The van der Waals surface area contributed by atoms with Crippen LogP contribution in [0.4, 0.5) is 0 Å². The van der Waals surface area contributed by atoms with Crippen molar-refractivity contribution in [3.63, 3.8) is 0 Å². The molecule has 0 saturated heterocycles. The van der Waals surface area contributed by atoms with Crippen molar-refractivity contribution in [2.45, 2.75) is 31.8 Å². The number of rotatable bonds is 4. The number of aliphatic hydroxyl groups is 1. The van der Waals surface area contributed by atoms with Gasteiger partial charge in [0.1, 0.15) is 0 Å². The molecular formula is C15H19NO2. The maximum Gasteiger partial charge on any atom is 0.244 e. The van der Waals surface area contributed by atoms with Gasteiger partial charge in [-0.3, -0.25) is 4.79 Å². The van der Waals surface area contributed by atoms with E-state index in [4.69, 9.17) is 0 Å². The molecule has 0 unspecified atom stereocenters. The second-order valence-corrected chi connectivity index (χ2v) is 5.04. The number of benzene rings is 1. The van der Waals surface area contributed by atoms with Crippen LogP contribution in [0.3, 0.4) is 0 Å². The highest BCUT2D eigenvalue weighted by molar-refractivity contribution is 5.91. The van der Waals surface area contributed by atoms with Crippen LogP contribution in [0.2, 0.25) is 0 Å². The maximum atomic E-state index is 11.6. The average Bonchev–Trinajstić information content (AvgIpc) is 2.33. The van der Waals surface area contributed by atoms with Crippen LogP contribution < -0.4 is 5.32 Å². The molecule has 0 aromatic heterocycles. The molecule has 0 aliphatic heterocycles. The number of hydrogen-bond donors (Lipinski definition) is 2. The molecule has 96 valence electrons. The molecule has 0 heterocycles. The van der Waals surface area contributed by atoms with E-state index >= 15 is 0 Å². The van der Waals surface area contributed by atoms with Crippen molar-refractivity contribution >= 4 is 12.0 Å². The van der Waals surface area contributed by atoms with E-state index in [1.165, 1.54) is 11.6 Å². The lowest BCUT2D eigenvalue weighted by Crippen LogP contribution is -2.47. The van der Waals surface area contributed by atoms with Crippen molar-refractivity contribution in [2.75, 3.05) is 6.54 Å². The Morgan fingerprint density at radius 3 is 2.61 bits per heavy atom. The van der Waals surface area contributed by atoms with Gasteiger partial charge in [-0.2, -0.15) is 0 Å². The lowest BCUT2D eigenvalue weighted by molar-refractivity contribution is -0.118. The highest BCUT2D eigenvalue weighted by Gasteiger charge is 2.34. The summed E-state index contributed by atoms with van der Waals surface area (Å²) in [6.07, 6.45) is 5.90. The second kappa shape index (κ2) is 5.36. The highest BCUT2D eigenvalue weighted by Crippen LogP contribution is 2.30. The van der Waals surface area contributed by atoms with Gasteiger partial charge in [-0.05, 0) is 37.8 Å². The summed E-state index contributed by atoms with van der Waals surface area (Å²) < 4.78 is 0. The van der Waals surface area contributed by atoms with Crippen LogP contribution in [-0.4, -0.2) is 23.2 Å². The Hall–Kier alpha value is -1.61. The van der Waals surface area contributed by atoms with Gasteiger partial charge in [0, 0.05) is 12.6 Å². The summed E-state index contributed by atoms with van der Waals surface area (Å²) in [4.78, 5) is 11.6. The minimum atomic E-state index is -0.659. The van der Waals surface area contributed by atoms with Crippen molar-refractivity contribution < 1.29 is 9.90 Å². The van der Waals surface area contributed by atoms with Gasteiger partial charge in [-0.25, -0.2) is 0 Å². The molecule has 3 nitrogen and oxygen atoms in total. The smallest absolute Gasteiger partial charge is 0.244 e. The molecule has 0 spiro atoms. The van der Waals surface area contributed by atoms with Crippen LogP contribution in [0.5, 0.6) is 0 Å². The molecular weight excluding hydrogens is 226 g/mol. The van der Waals surface area contributed by atoms with Gasteiger partial charge < -0.3 is 10.4 Å². The van der Waals surface area contributed by atoms with Gasteiger partial charge in [-0.15, -0.1) is 0 Å². The Morgan fingerprint density at radius 2 is 2.06 bits per heavy atom. The van der Waals surface area contributed by atoms with Gasteiger partial charge in [-0.1, -0.05) is 29.8 Å². The molecule has 2 rings (SSSR count). The van der Waals surface area contributed by atoms with Gasteiger partial charge >= 0.3 is 0 Å². The summed E-state index contributed by atoms with van der Waals surface area (Å²) in [5.74, 6) is -0.157.